The van der Waals surface area contributed by atoms with Gasteiger partial charge < -0.3 is 10.5 Å². The van der Waals surface area contributed by atoms with Crippen LogP contribution in [0.4, 0.5) is 0 Å². The first-order chi connectivity index (χ1) is 8.56. The highest BCUT2D eigenvalue weighted by molar-refractivity contribution is 6.32. The van der Waals surface area contributed by atoms with Crippen LogP contribution in [0.25, 0.3) is 10.9 Å². The molecule has 1 aromatic carbocycles. The second-order valence-corrected chi connectivity index (χ2v) is 4.91. The van der Waals surface area contributed by atoms with E-state index in [9.17, 15) is 0 Å². The van der Waals surface area contributed by atoms with Gasteiger partial charge in [0, 0.05) is 23.5 Å². The number of pyridine rings is 1. The number of methoxy groups -OCH3 is 1. The van der Waals surface area contributed by atoms with Crippen molar-refractivity contribution < 1.29 is 4.74 Å². The molecular formula is C14H17ClN2O. The molecule has 0 saturated carbocycles. The van der Waals surface area contributed by atoms with E-state index in [1.807, 2.05) is 12.1 Å². The minimum atomic E-state index is 0.244. The number of hydrogen-bond donors (Lipinski definition) is 1. The number of halogens is 1. The fourth-order valence-electron chi connectivity index (χ4n) is 1.95. The lowest BCUT2D eigenvalue weighted by Gasteiger charge is -2.12. The molecule has 0 bridgehead atoms. The lowest BCUT2D eigenvalue weighted by molar-refractivity contribution is 0.415. The van der Waals surface area contributed by atoms with Gasteiger partial charge in [-0.15, -0.1) is 0 Å². The van der Waals surface area contributed by atoms with Gasteiger partial charge in [0.15, 0.2) is 0 Å². The zero-order chi connectivity index (χ0) is 13.3. The molecule has 1 heterocycles. The van der Waals surface area contributed by atoms with E-state index in [1.54, 1.807) is 7.11 Å². The Bertz CT molecular complexity index is 584. The van der Waals surface area contributed by atoms with Crippen LogP contribution in [-0.4, -0.2) is 18.6 Å². The maximum absolute atomic E-state index is 6.13. The average molecular weight is 265 g/mol. The van der Waals surface area contributed by atoms with Gasteiger partial charge in [0.05, 0.1) is 17.6 Å². The number of ether oxygens (including phenoxy) is 1. The van der Waals surface area contributed by atoms with Gasteiger partial charge in [-0.2, -0.15) is 0 Å². The first-order valence-corrected chi connectivity index (χ1v) is 6.29. The van der Waals surface area contributed by atoms with Crippen LogP contribution in [0, 0.1) is 6.92 Å². The van der Waals surface area contributed by atoms with Crippen LogP contribution in [0.15, 0.2) is 18.2 Å². The number of nitrogens with two attached hydrogens (primary N) is 1. The molecule has 18 heavy (non-hydrogen) atoms. The zero-order valence-corrected chi connectivity index (χ0v) is 11.6. The van der Waals surface area contributed by atoms with Crippen molar-refractivity contribution in [2.24, 2.45) is 5.73 Å². The second kappa shape index (κ2) is 5.12. The fraction of sp³-hybridized carbons (Fsp3) is 0.357. The number of nitrogens with zero attached hydrogens (tertiary/aromatic N) is 1. The van der Waals surface area contributed by atoms with E-state index in [0.29, 0.717) is 17.3 Å². The zero-order valence-electron chi connectivity index (χ0n) is 10.8. The van der Waals surface area contributed by atoms with Crippen LogP contribution < -0.4 is 10.5 Å². The molecule has 1 aromatic heterocycles. The van der Waals surface area contributed by atoms with Crippen LogP contribution in [0.3, 0.4) is 0 Å². The third-order valence-electron chi connectivity index (χ3n) is 3.17. The van der Waals surface area contributed by atoms with Crippen molar-refractivity contribution in [1.82, 2.24) is 4.98 Å². The number of rotatable bonds is 3. The highest BCUT2D eigenvalue weighted by Gasteiger charge is 2.11. The third-order valence-corrected chi connectivity index (χ3v) is 3.46. The van der Waals surface area contributed by atoms with Gasteiger partial charge in [-0.25, -0.2) is 0 Å². The summed E-state index contributed by atoms with van der Waals surface area (Å²) in [6.45, 7) is 4.71. The number of fused-ring (bicyclic) bond motifs is 1. The molecule has 0 aliphatic heterocycles. The minimum absolute atomic E-state index is 0.244. The predicted octanol–water partition coefficient (Wildman–Crippen LogP) is 3.27. The quantitative estimate of drug-likeness (QED) is 0.926. The minimum Gasteiger partial charge on any atom is -0.495 e. The van der Waals surface area contributed by atoms with E-state index < -0.39 is 0 Å². The lowest BCUT2D eigenvalue weighted by atomic mass is 10.0. The van der Waals surface area contributed by atoms with Crippen LogP contribution in [-0.2, 0) is 0 Å². The molecule has 2 N–H and O–H groups in total. The van der Waals surface area contributed by atoms with E-state index in [4.69, 9.17) is 22.1 Å². The van der Waals surface area contributed by atoms with Crippen molar-refractivity contribution in [2.75, 3.05) is 13.7 Å². The number of aryl methyl sites for hydroxylation is 1. The maximum Gasteiger partial charge on any atom is 0.138 e. The first-order valence-electron chi connectivity index (χ1n) is 5.91. The summed E-state index contributed by atoms with van der Waals surface area (Å²) in [6, 6.07) is 5.85. The first kappa shape index (κ1) is 13.1. The topological polar surface area (TPSA) is 48.1 Å². The summed E-state index contributed by atoms with van der Waals surface area (Å²) in [4.78, 5) is 4.62. The molecule has 0 spiro atoms. The number of hydrogen-bond acceptors (Lipinski definition) is 3. The van der Waals surface area contributed by atoms with Gasteiger partial charge in [-0.05, 0) is 30.7 Å². The molecule has 1 unspecified atom stereocenters. The van der Waals surface area contributed by atoms with Crippen LogP contribution in [0.2, 0.25) is 5.02 Å². The molecule has 0 radical (unpaired) electrons. The number of aromatic nitrogens is 1. The molecule has 0 saturated heterocycles. The lowest BCUT2D eigenvalue weighted by Crippen LogP contribution is -2.10. The van der Waals surface area contributed by atoms with Crippen molar-refractivity contribution in [3.8, 4) is 5.75 Å². The Labute approximate surface area is 112 Å². The van der Waals surface area contributed by atoms with Crippen molar-refractivity contribution in [2.45, 2.75) is 19.8 Å². The molecule has 4 heteroatoms. The van der Waals surface area contributed by atoms with Crippen molar-refractivity contribution in [3.63, 3.8) is 0 Å². The maximum atomic E-state index is 6.13. The summed E-state index contributed by atoms with van der Waals surface area (Å²) in [5.41, 5.74) is 8.73. The van der Waals surface area contributed by atoms with E-state index >= 15 is 0 Å². The average Bonchev–Trinajstić information content (AvgIpc) is 2.36. The smallest absolute Gasteiger partial charge is 0.138 e. The highest BCUT2D eigenvalue weighted by atomic mass is 35.5. The van der Waals surface area contributed by atoms with E-state index in [1.165, 1.54) is 0 Å². The monoisotopic (exact) mass is 264 g/mol. The summed E-state index contributed by atoms with van der Waals surface area (Å²) in [5, 5.41) is 1.64. The van der Waals surface area contributed by atoms with Gasteiger partial charge in [-0.1, -0.05) is 18.5 Å². The summed E-state index contributed by atoms with van der Waals surface area (Å²) < 4.78 is 5.23. The molecule has 0 fully saturated rings. The SMILES string of the molecule is COc1cc2c(C)cc(C(C)CN)nc2cc1Cl. The van der Waals surface area contributed by atoms with Crippen molar-refractivity contribution >= 4 is 22.5 Å². The Morgan fingerprint density at radius 2 is 2.11 bits per heavy atom. The molecule has 2 aromatic rings. The van der Waals surface area contributed by atoms with Crippen LogP contribution in [0.1, 0.15) is 24.1 Å². The standard InChI is InChI=1S/C14H17ClN2O/c1-8-4-12(9(2)7-16)17-13-6-11(15)14(18-3)5-10(8)13/h4-6,9H,7,16H2,1-3H3. The van der Waals surface area contributed by atoms with Crippen molar-refractivity contribution in [1.29, 1.82) is 0 Å². The Morgan fingerprint density at radius 1 is 1.39 bits per heavy atom. The molecule has 1 atom stereocenters. The Hall–Kier alpha value is -1.32. The van der Waals surface area contributed by atoms with Crippen molar-refractivity contribution in [3.05, 3.63) is 34.5 Å². The van der Waals surface area contributed by atoms with E-state index in [2.05, 4.69) is 24.9 Å². The molecule has 0 aliphatic carbocycles. The Kier molecular flexibility index (Phi) is 3.73. The Balaban J connectivity index is 2.66. The Morgan fingerprint density at radius 3 is 2.72 bits per heavy atom. The van der Waals surface area contributed by atoms with Gasteiger partial charge in [-0.3, -0.25) is 4.98 Å². The normalized spacial score (nSPS) is 12.7. The highest BCUT2D eigenvalue weighted by Crippen LogP contribution is 2.31. The second-order valence-electron chi connectivity index (χ2n) is 4.50. The third kappa shape index (κ3) is 2.28. The van der Waals surface area contributed by atoms with Gasteiger partial charge >= 0.3 is 0 Å². The van der Waals surface area contributed by atoms with Gasteiger partial charge in [0.25, 0.3) is 0 Å². The molecule has 2 rings (SSSR count). The summed E-state index contributed by atoms with van der Waals surface area (Å²) >= 11 is 6.13. The van der Waals surface area contributed by atoms with E-state index in [-0.39, 0.29) is 5.92 Å². The van der Waals surface area contributed by atoms with Crippen LogP contribution >= 0.6 is 11.6 Å². The molecule has 3 nitrogen and oxygen atoms in total. The largest absolute Gasteiger partial charge is 0.495 e. The summed E-state index contributed by atoms with van der Waals surface area (Å²) in [5.74, 6) is 0.919. The molecule has 96 valence electrons. The van der Waals surface area contributed by atoms with Gasteiger partial charge in [0.1, 0.15) is 5.75 Å². The molecule has 0 amide bonds. The predicted molar refractivity (Wildman–Crippen MR) is 75.5 cm³/mol. The molecule has 0 aliphatic rings. The molecular weight excluding hydrogens is 248 g/mol. The fourth-order valence-corrected chi connectivity index (χ4v) is 2.19. The van der Waals surface area contributed by atoms with Crippen LogP contribution in [0.5, 0.6) is 5.75 Å². The van der Waals surface area contributed by atoms with E-state index in [0.717, 1.165) is 22.2 Å². The summed E-state index contributed by atoms with van der Waals surface area (Å²) in [7, 11) is 1.61. The van der Waals surface area contributed by atoms with Gasteiger partial charge in [0.2, 0.25) is 0 Å². The summed E-state index contributed by atoms with van der Waals surface area (Å²) in [6.07, 6.45) is 0. The number of benzene rings is 1.